The smallest absolute Gasteiger partial charge is 0.270 e. The minimum atomic E-state index is -0.0753. The van der Waals surface area contributed by atoms with Crippen LogP contribution in [-0.4, -0.2) is 28.6 Å². The second-order valence-corrected chi connectivity index (χ2v) is 5.88. The maximum absolute atomic E-state index is 12.2. The molecular formula is C17H20N2O2. The van der Waals surface area contributed by atoms with Crippen LogP contribution >= 0.6 is 0 Å². The summed E-state index contributed by atoms with van der Waals surface area (Å²) in [4.78, 5) is 16.4. The van der Waals surface area contributed by atoms with Crippen LogP contribution in [0.2, 0.25) is 0 Å². The third-order valence-electron chi connectivity index (χ3n) is 4.02. The number of aromatic nitrogens is 1. The van der Waals surface area contributed by atoms with Gasteiger partial charge in [-0.25, -0.2) is 4.98 Å². The summed E-state index contributed by atoms with van der Waals surface area (Å²) in [6.45, 7) is 0.0602. The summed E-state index contributed by atoms with van der Waals surface area (Å²) in [5.41, 5.74) is 1.22. The van der Waals surface area contributed by atoms with E-state index >= 15 is 0 Å². The van der Waals surface area contributed by atoms with Crippen molar-refractivity contribution in [3.05, 3.63) is 29.6 Å². The molecule has 0 spiro atoms. The number of hydrogen-bond acceptors (Lipinski definition) is 3. The summed E-state index contributed by atoms with van der Waals surface area (Å²) in [7, 11) is 0. The molecule has 110 valence electrons. The molecule has 0 aromatic carbocycles. The average molecular weight is 284 g/mol. The molecule has 2 fully saturated rings. The first-order valence-electron chi connectivity index (χ1n) is 7.64. The topological polar surface area (TPSA) is 62.2 Å². The number of pyridine rings is 1. The normalized spacial score (nSPS) is 17.2. The van der Waals surface area contributed by atoms with Crippen LogP contribution in [-0.2, 0) is 0 Å². The van der Waals surface area contributed by atoms with Crippen molar-refractivity contribution in [3.8, 4) is 11.8 Å². The standard InChI is InChI=1S/C17H20N2O2/c20-10-2-1-3-12-4-9-15(18-11-12)17(21)19-16(13-5-6-13)14-7-8-14/h4,9,11,13-14,16,20H,2,5-8,10H2,(H,19,21). The van der Waals surface area contributed by atoms with E-state index in [4.69, 9.17) is 5.11 Å². The van der Waals surface area contributed by atoms with Crippen LogP contribution in [0.15, 0.2) is 18.3 Å². The van der Waals surface area contributed by atoms with Gasteiger partial charge in [0.1, 0.15) is 5.69 Å². The third kappa shape index (κ3) is 3.83. The van der Waals surface area contributed by atoms with Crippen molar-refractivity contribution < 1.29 is 9.90 Å². The number of aliphatic hydroxyl groups excluding tert-OH is 1. The Labute approximate surface area is 125 Å². The van der Waals surface area contributed by atoms with E-state index in [1.54, 1.807) is 18.3 Å². The van der Waals surface area contributed by atoms with Gasteiger partial charge in [-0.05, 0) is 49.7 Å². The Morgan fingerprint density at radius 3 is 2.57 bits per heavy atom. The lowest BCUT2D eigenvalue weighted by Crippen LogP contribution is -2.38. The zero-order chi connectivity index (χ0) is 14.7. The molecule has 4 heteroatoms. The van der Waals surface area contributed by atoms with Crippen LogP contribution in [0.5, 0.6) is 0 Å². The maximum Gasteiger partial charge on any atom is 0.270 e. The predicted octanol–water partition coefficient (Wildman–Crippen LogP) is 1.73. The number of carbonyl (C=O) groups is 1. The molecule has 0 unspecified atom stereocenters. The average Bonchev–Trinajstić information content (AvgIpc) is 3.39. The molecule has 2 N–H and O–H groups in total. The highest BCUT2D eigenvalue weighted by Crippen LogP contribution is 2.44. The highest BCUT2D eigenvalue weighted by Gasteiger charge is 2.42. The molecule has 1 aromatic rings. The molecule has 0 saturated heterocycles. The van der Waals surface area contributed by atoms with Gasteiger partial charge in [-0.2, -0.15) is 0 Å². The van der Waals surface area contributed by atoms with Crippen molar-refractivity contribution in [2.45, 2.75) is 38.1 Å². The second kappa shape index (κ2) is 6.28. The lowest BCUT2D eigenvalue weighted by molar-refractivity contribution is 0.0921. The van der Waals surface area contributed by atoms with Gasteiger partial charge in [0.15, 0.2) is 0 Å². The predicted molar refractivity (Wildman–Crippen MR) is 79.5 cm³/mol. The first-order valence-corrected chi connectivity index (χ1v) is 7.64. The summed E-state index contributed by atoms with van der Waals surface area (Å²) < 4.78 is 0. The van der Waals surface area contributed by atoms with Crippen LogP contribution in [0.3, 0.4) is 0 Å². The number of nitrogens with zero attached hydrogens (tertiary/aromatic N) is 1. The fourth-order valence-electron chi connectivity index (χ4n) is 2.58. The van der Waals surface area contributed by atoms with Crippen molar-refractivity contribution in [1.82, 2.24) is 10.3 Å². The van der Waals surface area contributed by atoms with E-state index in [0.717, 1.165) is 5.56 Å². The maximum atomic E-state index is 12.2. The van der Waals surface area contributed by atoms with Crippen molar-refractivity contribution in [3.63, 3.8) is 0 Å². The highest BCUT2D eigenvalue weighted by atomic mass is 16.2. The second-order valence-electron chi connectivity index (χ2n) is 5.88. The minimum Gasteiger partial charge on any atom is -0.395 e. The molecule has 4 nitrogen and oxygen atoms in total. The van der Waals surface area contributed by atoms with Crippen LogP contribution in [0, 0.1) is 23.7 Å². The zero-order valence-electron chi connectivity index (χ0n) is 12.0. The summed E-state index contributed by atoms with van der Waals surface area (Å²) in [5, 5.41) is 11.8. The number of aliphatic hydroxyl groups is 1. The molecule has 2 aliphatic rings. The molecular weight excluding hydrogens is 264 g/mol. The van der Waals surface area contributed by atoms with Gasteiger partial charge in [-0.1, -0.05) is 11.8 Å². The minimum absolute atomic E-state index is 0.0602. The third-order valence-corrected chi connectivity index (χ3v) is 4.02. The van der Waals surface area contributed by atoms with E-state index in [2.05, 4.69) is 22.1 Å². The Morgan fingerprint density at radius 1 is 1.33 bits per heavy atom. The monoisotopic (exact) mass is 284 g/mol. The van der Waals surface area contributed by atoms with Gasteiger partial charge in [0.2, 0.25) is 0 Å². The number of nitrogens with one attached hydrogen (secondary N) is 1. The van der Waals surface area contributed by atoms with Gasteiger partial charge in [-0.3, -0.25) is 4.79 Å². The fraction of sp³-hybridized carbons (Fsp3) is 0.529. The zero-order valence-corrected chi connectivity index (χ0v) is 12.0. The summed E-state index contributed by atoms with van der Waals surface area (Å²) in [5.74, 6) is 7.04. The SMILES string of the molecule is O=C(NC(C1CC1)C1CC1)c1ccc(C#CCCO)cn1. The van der Waals surface area contributed by atoms with E-state index < -0.39 is 0 Å². The molecule has 21 heavy (non-hydrogen) atoms. The van der Waals surface area contributed by atoms with Crippen molar-refractivity contribution in [2.24, 2.45) is 11.8 Å². The van der Waals surface area contributed by atoms with Crippen LogP contribution < -0.4 is 5.32 Å². The highest BCUT2D eigenvalue weighted by molar-refractivity contribution is 5.92. The Balaban J connectivity index is 1.60. The molecule has 0 atom stereocenters. The van der Waals surface area contributed by atoms with Gasteiger partial charge in [-0.15, -0.1) is 0 Å². The van der Waals surface area contributed by atoms with E-state index in [1.165, 1.54) is 25.7 Å². The quantitative estimate of drug-likeness (QED) is 0.810. The lowest BCUT2D eigenvalue weighted by Gasteiger charge is -2.17. The first-order chi connectivity index (χ1) is 10.3. The van der Waals surface area contributed by atoms with Gasteiger partial charge in [0, 0.05) is 24.2 Å². The van der Waals surface area contributed by atoms with Gasteiger partial charge < -0.3 is 10.4 Å². The van der Waals surface area contributed by atoms with Gasteiger partial charge in [0.05, 0.1) is 6.61 Å². The number of hydrogen-bond donors (Lipinski definition) is 2. The molecule has 0 bridgehead atoms. The van der Waals surface area contributed by atoms with E-state index in [1.807, 2.05) is 0 Å². The molecule has 1 aromatic heterocycles. The number of amides is 1. The summed E-state index contributed by atoms with van der Waals surface area (Å²) in [6, 6.07) is 3.87. The largest absolute Gasteiger partial charge is 0.395 e. The van der Waals surface area contributed by atoms with Crippen molar-refractivity contribution in [1.29, 1.82) is 0 Å². The van der Waals surface area contributed by atoms with E-state index in [-0.39, 0.29) is 12.5 Å². The van der Waals surface area contributed by atoms with Crippen LogP contribution in [0.25, 0.3) is 0 Å². The number of carbonyl (C=O) groups excluding carboxylic acids is 1. The van der Waals surface area contributed by atoms with E-state index in [0.29, 0.717) is 30.0 Å². The fourth-order valence-corrected chi connectivity index (χ4v) is 2.58. The lowest BCUT2D eigenvalue weighted by atomic mass is 10.1. The Morgan fingerprint density at radius 2 is 2.05 bits per heavy atom. The Kier molecular flexibility index (Phi) is 4.21. The molecule has 1 amide bonds. The molecule has 2 aliphatic carbocycles. The number of rotatable bonds is 5. The Bertz CT molecular complexity index is 551. The molecule has 0 radical (unpaired) electrons. The van der Waals surface area contributed by atoms with Crippen LogP contribution in [0.4, 0.5) is 0 Å². The van der Waals surface area contributed by atoms with Crippen molar-refractivity contribution >= 4 is 5.91 Å². The van der Waals surface area contributed by atoms with Crippen molar-refractivity contribution in [2.75, 3.05) is 6.61 Å². The molecule has 2 saturated carbocycles. The van der Waals surface area contributed by atoms with Gasteiger partial charge >= 0.3 is 0 Å². The van der Waals surface area contributed by atoms with Gasteiger partial charge in [0.25, 0.3) is 5.91 Å². The molecule has 1 heterocycles. The summed E-state index contributed by atoms with van der Waals surface area (Å²) >= 11 is 0. The first kappa shape index (κ1) is 14.1. The summed E-state index contributed by atoms with van der Waals surface area (Å²) in [6.07, 6.45) is 7.04. The van der Waals surface area contributed by atoms with E-state index in [9.17, 15) is 4.79 Å². The molecule has 0 aliphatic heterocycles. The Hall–Kier alpha value is -1.86. The van der Waals surface area contributed by atoms with Crippen LogP contribution in [0.1, 0.15) is 48.2 Å². The molecule has 3 rings (SSSR count).